The summed E-state index contributed by atoms with van der Waals surface area (Å²) in [6, 6.07) is 14.6. The van der Waals surface area contributed by atoms with Crippen molar-refractivity contribution >= 4 is 11.6 Å². The Balaban J connectivity index is 1.88. The fraction of sp³-hybridized carbons (Fsp3) is 0.450. The molecule has 3 rings (SSSR count). The molecule has 24 heavy (non-hydrogen) atoms. The second kappa shape index (κ2) is 8.61. The first-order chi connectivity index (χ1) is 11.8. The molecule has 1 aliphatic heterocycles. The Morgan fingerprint density at radius 2 is 1.92 bits per heavy atom. The van der Waals surface area contributed by atoms with E-state index in [9.17, 15) is 0 Å². The summed E-state index contributed by atoms with van der Waals surface area (Å²) in [5, 5.41) is 4.24. The zero-order chi connectivity index (χ0) is 16.8. The van der Waals surface area contributed by atoms with Gasteiger partial charge < -0.3 is 5.32 Å². The third-order valence-electron chi connectivity index (χ3n) is 4.88. The van der Waals surface area contributed by atoms with Crippen molar-refractivity contribution in [3.63, 3.8) is 0 Å². The molecule has 1 unspecified atom stereocenters. The van der Waals surface area contributed by atoms with Crippen LogP contribution in [0.5, 0.6) is 0 Å². The number of rotatable bonds is 6. The number of hydrogen-bond acceptors (Lipinski definition) is 3. The molecule has 0 aliphatic carbocycles. The Bertz CT molecular complexity index is 609. The highest BCUT2D eigenvalue weighted by Crippen LogP contribution is 2.30. The van der Waals surface area contributed by atoms with E-state index in [4.69, 9.17) is 11.6 Å². The van der Waals surface area contributed by atoms with Gasteiger partial charge in [0.2, 0.25) is 0 Å². The molecule has 0 spiro atoms. The van der Waals surface area contributed by atoms with Crippen molar-refractivity contribution in [1.29, 1.82) is 0 Å². The molecule has 0 saturated carbocycles. The number of nitrogens with one attached hydrogen (secondary N) is 1. The van der Waals surface area contributed by atoms with Gasteiger partial charge in [0.25, 0.3) is 0 Å². The predicted octanol–water partition coefficient (Wildman–Crippen LogP) is 4.15. The van der Waals surface area contributed by atoms with Crippen LogP contribution >= 0.6 is 11.6 Å². The van der Waals surface area contributed by atoms with Gasteiger partial charge in [0, 0.05) is 17.8 Å². The maximum atomic E-state index is 6.10. The summed E-state index contributed by atoms with van der Waals surface area (Å²) in [6.07, 6.45) is 4.40. The number of halogens is 1. The van der Waals surface area contributed by atoms with Crippen LogP contribution in [-0.4, -0.2) is 36.1 Å². The zero-order valence-corrected chi connectivity index (χ0v) is 15.0. The molecule has 3 nitrogen and oxygen atoms in total. The molecule has 128 valence electrons. The predicted molar refractivity (Wildman–Crippen MR) is 100 cm³/mol. The summed E-state index contributed by atoms with van der Waals surface area (Å²) in [4.78, 5) is 7.21. The van der Waals surface area contributed by atoms with Crippen LogP contribution in [0.25, 0.3) is 0 Å². The first-order valence-corrected chi connectivity index (χ1v) is 9.27. The Kier molecular flexibility index (Phi) is 6.24. The van der Waals surface area contributed by atoms with Crippen LogP contribution in [-0.2, 0) is 0 Å². The molecule has 1 atom stereocenters. The topological polar surface area (TPSA) is 28.2 Å². The second-order valence-electron chi connectivity index (χ2n) is 6.49. The van der Waals surface area contributed by atoms with E-state index in [1.54, 1.807) is 0 Å². The van der Waals surface area contributed by atoms with Crippen molar-refractivity contribution in [3.05, 3.63) is 64.9 Å². The molecule has 1 aromatic heterocycles. The minimum atomic E-state index is 0.184. The molecular weight excluding hydrogens is 318 g/mol. The van der Waals surface area contributed by atoms with Crippen LogP contribution in [0.4, 0.5) is 0 Å². The van der Waals surface area contributed by atoms with Gasteiger partial charge in [-0.3, -0.25) is 9.88 Å². The van der Waals surface area contributed by atoms with Gasteiger partial charge in [-0.05, 0) is 68.2 Å². The van der Waals surface area contributed by atoms with Gasteiger partial charge in [-0.2, -0.15) is 0 Å². The summed E-state index contributed by atoms with van der Waals surface area (Å²) in [5.74, 6) is 0.754. The molecule has 0 amide bonds. The monoisotopic (exact) mass is 343 g/mol. The summed E-state index contributed by atoms with van der Waals surface area (Å²) in [5.41, 5.74) is 2.37. The maximum absolute atomic E-state index is 6.10. The Morgan fingerprint density at radius 3 is 2.54 bits per heavy atom. The molecule has 1 N–H and O–H groups in total. The Labute approximate surface area is 150 Å². The van der Waals surface area contributed by atoms with E-state index < -0.39 is 0 Å². The Hall–Kier alpha value is -1.42. The van der Waals surface area contributed by atoms with E-state index in [1.807, 2.05) is 24.4 Å². The van der Waals surface area contributed by atoms with Crippen molar-refractivity contribution < 1.29 is 0 Å². The third kappa shape index (κ3) is 4.35. The van der Waals surface area contributed by atoms with Gasteiger partial charge in [0.1, 0.15) is 0 Å². The van der Waals surface area contributed by atoms with Crippen molar-refractivity contribution in [1.82, 2.24) is 15.2 Å². The fourth-order valence-corrected chi connectivity index (χ4v) is 3.69. The quantitative estimate of drug-likeness (QED) is 0.854. The van der Waals surface area contributed by atoms with Gasteiger partial charge in [-0.25, -0.2) is 0 Å². The van der Waals surface area contributed by atoms with Gasteiger partial charge >= 0.3 is 0 Å². The van der Waals surface area contributed by atoms with Gasteiger partial charge in [0.15, 0.2) is 0 Å². The van der Waals surface area contributed by atoms with Crippen LogP contribution in [0.3, 0.4) is 0 Å². The Morgan fingerprint density at radius 1 is 1.17 bits per heavy atom. The van der Waals surface area contributed by atoms with Gasteiger partial charge in [-0.15, -0.1) is 0 Å². The standard InChI is InChI=1S/C20H26ClN3/c1-2-24(15-16-10-13-22-14-11-16)20(19-5-3-4-12-23-19)17-6-8-18(21)9-7-17/h3-9,12,16,20,22H,2,10-11,13-15H2,1H3. The SMILES string of the molecule is CCN(CC1CCNCC1)C(c1ccc(Cl)cc1)c1ccccn1. The molecule has 0 radical (unpaired) electrons. The van der Waals surface area contributed by atoms with Crippen LogP contribution < -0.4 is 5.32 Å². The molecule has 1 aliphatic rings. The molecule has 2 heterocycles. The minimum absolute atomic E-state index is 0.184. The van der Waals surface area contributed by atoms with Crippen molar-refractivity contribution in [2.75, 3.05) is 26.2 Å². The number of nitrogens with zero attached hydrogens (tertiary/aromatic N) is 2. The first-order valence-electron chi connectivity index (χ1n) is 8.89. The van der Waals surface area contributed by atoms with E-state index in [1.165, 1.54) is 18.4 Å². The average Bonchev–Trinajstić information content (AvgIpc) is 2.64. The number of hydrogen-bond donors (Lipinski definition) is 1. The summed E-state index contributed by atoms with van der Waals surface area (Å²) in [6.45, 7) is 6.64. The zero-order valence-electron chi connectivity index (χ0n) is 14.3. The molecule has 1 aromatic carbocycles. The van der Waals surface area contributed by atoms with Crippen molar-refractivity contribution in [3.8, 4) is 0 Å². The van der Waals surface area contributed by atoms with Crippen LogP contribution in [0.2, 0.25) is 5.02 Å². The van der Waals surface area contributed by atoms with Crippen LogP contribution in [0.1, 0.15) is 37.1 Å². The fourth-order valence-electron chi connectivity index (χ4n) is 3.56. The van der Waals surface area contributed by atoms with Gasteiger partial charge in [-0.1, -0.05) is 36.7 Å². The summed E-state index contributed by atoms with van der Waals surface area (Å²) < 4.78 is 0. The minimum Gasteiger partial charge on any atom is -0.317 e. The van der Waals surface area contributed by atoms with Crippen LogP contribution in [0.15, 0.2) is 48.7 Å². The normalized spacial score (nSPS) is 17.1. The number of aromatic nitrogens is 1. The highest BCUT2D eigenvalue weighted by Gasteiger charge is 2.25. The average molecular weight is 344 g/mol. The molecule has 1 saturated heterocycles. The van der Waals surface area contributed by atoms with Gasteiger partial charge in [0.05, 0.1) is 11.7 Å². The maximum Gasteiger partial charge on any atom is 0.0776 e. The van der Waals surface area contributed by atoms with E-state index in [0.717, 1.165) is 42.8 Å². The molecule has 1 fully saturated rings. The molecule has 2 aromatic rings. The molecular formula is C20H26ClN3. The summed E-state index contributed by atoms with van der Waals surface area (Å²) >= 11 is 6.10. The second-order valence-corrected chi connectivity index (χ2v) is 6.93. The molecule has 4 heteroatoms. The smallest absolute Gasteiger partial charge is 0.0776 e. The highest BCUT2D eigenvalue weighted by atomic mass is 35.5. The van der Waals surface area contributed by atoms with Crippen molar-refractivity contribution in [2.24, 2.45) is 5.92 Å². The van der Waals surface area contributed by atoms with Crippen LogP contribution in [0, 0.1) is 5.92 Å². The largest absolute Gasteiger partial charge is 0.317 e. The number of piperidine rings is 1. The number of benzene rings is 1. The van der Waals surface area contributed by atoms with E-state index >= 15 is 0 Å². The summed E-state index contributed by atoms with van der Waals surface area (Å²) in [7, 11) is 0. The lowest BCUT2D eigenvalue weighted by molar-refractivity contribution is 0.177. The highest BCUT2D eigenvalue weighted by molar-refractivity contribution is 6.30. The lowest BCUT2D eigenvalue weighted by Gasteiger charge is -2.35. The third-order valence-corrected chi connectivity index (χ3v) is 5.13. The van der Waals surface area contributed by atoms with E-state index in [0.29, 0.717) is 0 Å². The number of pyridine rings is 1. The van der Waals surface area contributed by atoms with Crippen molar-refractivity contribution in [2.45, 2.75) is 25.8 Å². The lowest BCUT2D eigenvalue weighted by Crippen LogP contribution is -2.38. The van der Waals surface area contributed by atoms with E-state index in [2.05, 4.69) is 46.4 Å². The lowest BCUT2D eigenvalue weighted by atomic mass is 9.94. The first kappa shape index (κ1) is 17.4. The van der Waals surface area contributed by atoms with E-state index in [-0.39, 0.29) is 6.04 Å². The molecule has 0 bridgehead atoms.